The molecule has 2 aromatic heterocycles. The fourth-order valence-corrected chi connectivity index (χ4v) is 3.00. The van der Waals surface area contributed by atoms with Crippen LogP contribution in [-0.4, -0.2) is 24.9 Å². The maximum atomic E-state index is 12.7. The van der Waals surface area contributed by atoms with E-state index in [1.165, 1.54) is 0 Å². The van der Waals surface area contributed by atoms with Gasteiger partial charge in [-0.05, 0) is 0 Å². The van der Waals surface area contributed by atoms with Crippen LogP contribution in [0.2, 0.25) is 0 Å². The van der Waals surface area contributed by atoms with Gasteiger partial charge in [-0.25, -0.2) is 9.97 Å². The van der Waals surface area contributed by atoms with Crippen LogP contribution in [0.1, 0.15) is 15.9 Å². The van der Waals surface area contributed by atoms with E-state index in [1.54, 1.807) is 12.4 Å². The van der Waals surface area contributed by atoms with Crippen LogP contribution in [0, 0.1) is 0 Å². The number of rotatable bonds is 4. The van der Waals surface area contributed by atoms with Crippen molar-refractivity contribution in [3.63, 3.8) is 0 Å². The summed E-state index contributed by atoms with van der Waals surface area (Å²) in [6, 6.07) is 15.1. The number of hydrogen-bond acceptors (Lipinski definition) is 3. The lowest BCUT2D eigenvalue weighted by Crippen LogP contribution is -2.01. The normalized spacial score (nSPS) is 10.8. The molecule has 0 aliphatic carbocycles. The number of hydrogen-bond donors (Lipinski definition) is 0. The fraction of sp³-hybridized carbons (Fsp3) is 0.0952. The van der Waals surface area contributed by atoms with Crippen molar-refractivity contribution >= 4 is 5.78 Å². The summed E-state index contributed by atoms with van der Waals surface area (Å²) >= 11 is 0. The van der Waals surface area contributed by atoms with Gasteiger partial charge >= 0.3 is 0 Å². The number of nitrogens with zero attached hydrogens (tertiary/aromatic N) is 4. The molecule has 0 atom stereocenters. The molecule has 5 heteroatoms. The van der Waals surface area contributed by atoms with E-state index < -0.39 is 0 Å². The van der Waals surface area contributed by atoms with Gasteiger partial charge in [-0.3, -0.25) is 4.79 Å². The average Bonchev–Trinajstić information content (AvgIpc) is 3.29. The summed E-state index contributed by atoms with van der Waals surface area (Å²) in [7, 11) is 3.90. The molecule has 0 N–H and O–H groups in total. The zero-order valence-corrected chi connectivity index (χ0v) is 14.6. The van der Waals surface area contributed by atoms with Crippen LogP contribution in [0.3, 0.4) is 0 Å². The molecule has 0 saturated carbocycles. The minimum absolute atomic E-state index is 0.00257. The number of imidazole rings is 2. The Morgan fingerprint density at radius 2 is 1.08 bits per heavy atom. The summed E-state index contributed by atoms with van der Waals surface area (Å²) in [5, 5.41) is 0. The molecular formula is C21H18N4O. The van der Waals surface area contributed by atoms with Crippen LogP contribution in [0.15, 0.2) is 73.3 Å². The fourth-order valence-electron chi connectivity index (χ4n) is 3.00. The lowest BCUT2D eigenvalue weighted by atomic mass is 10.0. The molecule has 0 unspecified atom stereocenters. The van der Waals surface area contributed by atoms with Gasteiger partial charge in [-0.1, -0.05) is 48.5 Å². The number of aryl methyl sites for hydroxylation is 2. The summed E-state index contributed by atoms with van der Waals surface area (Å²) in [6.07, 6.45) is 7.32. The van der Waals surface area contributed by atoms with Crippen molar-refractivity contribution in [3.05, 3.63) is 84.4 Å². The van der Waals surface area contributed by atoms with Crippen molar-refractivity contribution in [2.75, 3.05) is 0 Å². The smallest absolute Gasteiger partial charge is 0.193 e. The SMILES string of the molecule is Cn1ccnc1-c1ccc(C(=O)c2ccc(-c3nccn3C)cc2)cc1. The van der Waals surface area contributed by atoms with Gasteiger partial charge in [0, 0.05) is 61.1 Å². The molecule has 0 aliphatic heterocycles. The van der Waals surface area contributed by atoms with Gasteiger partial charge in [0.1, 0.15) is 11.6 Å². The van der Waals surface area contributed by atoms with Crippen molar-refractivity contribution in [3.8, 4) is 22.8 Å². The third kappa shape index (κ3) is 2.84. The van der Waals surface area contributed by atoms with Crippen LogP contribution in [0.5, 0.6) is 0 Å². The van der Waals surface area contributed by atoms with E-state index in [1.807, 2.05) is 84.2 Å². The van der Waals surface area contributed by atoms with E-state index in [9.17, 15) is 4.79 Å². The summed E-state index contributed by atoms with van der Waals surface area (Å²) in [5.74, 6) is 1.76. The molecule has 0 saturated heterocycles. The highest BCUT2D eigenvalue weighted by atomic mass is 16.1. The molecular weight excluding hydrogens is 324 g/mol. The Kier molecular flexibility index (Phi) is 3.97. The molecule has 2 aromatic carbocycles. The summed E-state index contributed by atoms with van der Waals surface area (Å²) < 4.78 is 3.90. The van der Waals surface area contributed by atoms with E-state index in [4.69, 9.17) is 0 Å². The van der Waals surface area contributed by atoms with E-state index in [0.29, 0.717) is 11.1 Å². The second-order valence-electron chi connectivity index (χ2n) is 6.21. The standard InChI is InChI=1S/C21H18N4O/c1-24-13-11-22-20(24)17-7-3-15(4-8-17)19(26)16-5-9-18(10-6-16)21-23-12-14-25(21)2/h3-14H,1-2H3. The van der Waals surface area contributed by atoms with Gasteiger partial charge in [0.2, 0.25) is 0 Å². The van der Waals surface area contributed by atoms with Gasteiger partial charge < -0.3 is 9.13 Å². The molecule has 0 amide bonds. The molecule has 0 radical (unpaired) electrons. The Morgan fingerprint density at radius 1 is 0.692 bits per heavy atom. The second kappa shape index (κ2) is 6.44. The molecule has 26 heavy (non-hydrogen) atoms. The van der Waals surface area contributed by atoms with E-state index >= 15 is 0 Å². The number of carbonyl (C=O) groups is 1. The highest BCUT2D eigenvalue weighted by Crippen LogP contribution is 2.21. The molecule has 5 nitrogen and oxygen atoms in total. The number of ketones is 1. The summed E-state index contributed by atoms with van der Waals surface area (Å²) in [5.41, 5.74) is 3.29. The lowest BCUT2D eigenvalue weighted by molar-refractivity contribution is 0.103. The first-order valence-electron chi connectivity index (χ1n) is 8.34. The molecule has 128 valence electrons. The van der Waals surface area contributed by atoms with Crippen LogP contribution in [0.4, 0.5) is 0 Å². The average molecular weight is 342 g/mol. The van der Waals surface area contributed by atoms with Gasteiger partial charge in [-0.2, -0.15) is 0 Å². The lowest BCUT2D eigenvalue weighted by Gasteiger charge is -2.06. The largest absolute Gasteiger partial charge is 0.334 e. The topological polar surface area (TPSA) is 52.7 Å². The third-order valence-corrected chi connectivity index (χ3v) is 4.45. The number of carbonyl (C=O) groups excluding carboxylic acids is 1. The van der Waals surface area contributed by atoms with Crippen molar-refractivity contribution in [2.45, 2.75) is 0 Å². The highest BCUT2D eigenvalue weighted by molar-refractivity contribution is 6.09. The van der Waals surface area contributed by atoms with Gasteiger partial charge in [0.15, 0.2) is 5.78 Å². The Bertz CT molecular complexity index is 970. The molecule has 0 fully saturated rings. The van der Waals surface area contributed by atoms with Crippen LogP contribution < -0.4 is 0 Å². The first-order valence-corrected chi connectivity index (χ1v) is 8.34. The number of benzene rings is 2. The van der Waals surface area contributed by atoms with Crippen LogP contribution >= 0.6 is 0 Å². The van der Waals surface area contributed by atoms with E-state index in [-0.39, 0.29) is 5.78 Å². The van der Waals surface area contributed by atoms with Crippen molar-refractivity contribution < 1.29 is 4.79 Å². The maximum Gasteiger partial charge on any atom is 0.193 e. The monoisotopic (exact) mass is 342 g/mol. The third-order valence-electron chi connectivity index (χ3n) is 4.45. The zero-order chi connectivity index (χ0) is 18.1. The molecule has 4 rings (SSSR count). The van der Waals surface area contributed by atoms with E-state index in [2.05, 4.69) is 9.97 Å². The van der Waals surface area contributed by atoms with Crippen molar-refractivity contribution in [1.82, 2.24) is 19.1 Å². The van der Waals surface area contributed by atoms with Gasteiger partial charge in [0.05, 0.1) is 0 Å². The second-order valence-corrected chi connectivity index (χ2v) is 6.21. The minimum Gasteiger partial charge on any atom is -0.334 e. The van der Waals surface area contributed by atoms with Crippen molar-refractivity contribution in [2.24, 2.45) is 14.1 Å². The van der Waals surface area contributed by atoms with Gasteiger partial charge in [0.25, 0.3) is 0 Å². The molecule has 2 heterocycles. The maximum absolute atomic E-state index is 12.7. The predicted molar refractivity (Wildman–Crippen MR) is 101 cm³/mol. The Hall–Kier alpha value is -3.47. The zero-order valence-electron chi connectivity index (χ0n) is 14.6. The molecule has 0 aliphatic rings. The minimum atomic E-state index is 0.00257. The number of aromatic nitrogens is 4. The Balaban J connectivity index is 1.58. The van der Waals surface area contributed by atoms with Crippen LogP contribution in [-0.2, 0) is 14.1 Å². The first-order chi connectivity index (χ1) is 12.6. The molecule has 0 spiro atoms. The predicted octanol–water partition coefficient (Wildman–Crippen LogP) is 3.72. The Labute approximate surface area is 151 Å². The molecule has 4 aromatic rings. The van der Waals surface area contributed by atoms with Gasteiger partial charge in [-0.15, -0.1) is 0 Å². The summed E-state index contributed by atoms with van der Waals surface area (Å²) in [6.45, 7) is 0. The van der Waals surface area contributed by atoms with E-state index in [0.717, 1.165) is 22.8 Å². The highest BCUT2D eigenvalue weighted by Gasteiger charge is 2.11. The summed E-state index contributed by atoms with van der Waals surface area (Å²) in [4.78, 5) is 21.4. The first kappa shape index (κ1) is 16.0. The quantitative estimate of drug-likeness (QED) is 0.531. The van der Waals surface area contributed by atoms with Crippen LogP contribution in [0.25, 0.3) is 22.8 Å². The van der Waals surface area contributed by atoms with Crippen molar-refractivity contribution in [1.29, 1.82) is 0 Å². The Morgan fingerprint density at radius 3 is 1.38 bits per heavy atom. The molecule has 0 bridgehead atoms.